The van der Waals surface area contributed by atoms with Crippen molar-refractivity contribution < 1.29 is 23.8 Å². The zero-order valence-electron chi connectivity index (χ0n) is 13.6. The van der Waals surface area contributed by atoms with Gasteiger partial charge in [0.25, 0.3) is 5.91 Å². The number of methoxy groups -OCH3 is 1. The molecule has 2 N–H and O–H groups in total. The molecule has 1 aromatic heterocycles. The van der Waals surface area contributed by atoms with Crippen molar-refractivity contribution in [1.82, 2.24) is 5.32 Å². The number of carbonyl (C=O) groups is 2. The summed E-state index contributed by atoms with van der Waals surface area (Å²) in [5.41, 5.74) is 0.794. The van der Waals surface area contributed by atoms with E-state index in [0.717, 1.165) is 0 Å². The molecule has 6 nitrogen and oxygen atoms in total. The van der Waals surface area contributed by atoms with Crippen LogP contribution in [0.3, 0.4) is 0 Å². The van der Waals surface area contributed by atoms with E-state index in [0.29, 0.717) is 11.1 Å². The fraction of sp³-hybridized carbons (Fsp3) is 0.625. The quantitative estimate of drug-likeness (QED) is 0.868. The molecule has 0 spiro atoms. The molecular weight excluding hydrogens is 286 g/mol. The molecule has 0 aromatic carbocycles. The van der Waals surface area contributed by atoms with E-state index >= 15 is 0 Å². The Morgan fingerprint density at radius 1 is 1.45 bits per heavy atom. The average Bonchev–Trinajstić information content (AvgIpc) is 2.76. The van der Waals surface area contributed by atoms with Crippen LogP contribution in [0.4, 0.5) is 0 Å². The number of aliphatic carboxylic acids is 1. The van der Waals surface area contributed by atoms with E-state index in [2.05, 4.69) is 5.32 Å². The lowest BCUT2D eigenvalue weighted by molar-refractivity contribution is -0.141. The molecule has 1 amide bonds. The fourth-order valence-corrected chi connectivity index (χ4v) is 3.71. The smallest absolute Gasteiger partial charge is 0.311 e. The average molecular weight is 309 g/mol. The standard InChI is InChI=1S/C16H23NO5/c1-8-7-22-10(6-11(18)19)12(8)15(20)17-13-9(2)14(21-5)16(13,3)4/h7,9,13-14H,6H2,1-5H3,(H,17,20)(H,18,19). The molecule has 3 unspecified atom stereocenters. The first-order chi connectivity index (χ1) is 10.2. The molecule has 6 heteroatoms. The van der Waals surface area contributed by atoms with Crippen LogP contribution in [0.25, 0.3) is 0 Å². The summed E-state index contributed by atoms with van der Waals surface area (Å²) >= 11 is 0. The van der Waals surface area contributed by atoms with Gasteiger partial charge in [0.1, 0.15) is 12.2 Å². The Labute approximate surface area is 129 Å². The van der Waals surface area contributed by atoms with Crippen LogP contribution in [0.1, 0.15) is 42.5 Å². The number of carboxylic acid groups (broad SMARTS) is 1. The summed E-state index contributed by atoms with van der Waals surface area (Å²) in [6.45, 7) is 7.86. The number of amides is 1. The summed E-state index contributed by atoms with van der Waals surface area (Å²) in [4.78, 5) is 23.4. The zero-order chi connectivity index (χ0) is 16.7. The van der Waals surface area contributed by atoms with Crippen molar-refractivity contribution in [2.75, 3.05) is 7.11 Å². The maximum Gasteiger partial charge on any atom is 0.311 e. The second kappa shape index (κ2) is 5.76. The Balaban J connectivity index is 2.17. The molecular formula is C16H23NO5. The number of nitrogens with one attached hydrogen (secondary N) is 1. The molecule has 0 saturated heterocycles. The number of hydrogen-bond donors (Lipinski definition) is 2. The minimum absolute atomic E-state index is 0.0306. The number of furan rings is 1. The first kappa shape index (κ1) is 16.5. The van der Waals surface area contributed by atoms with Crippen LogP contribution in [-0.2, 0) is 16.0 Å². The summed E-state index contributed by atoms with van der Waals surface area (Å²) in [5.74, 6) is -0.933. The normalized spacial score (nSPS) is 26.3. The predicted octanol–water partition coefficient (Wildman–Crippen LogP) is 2.00. The van der Waals surface area contributed by atoms with Crippen molar-refractivity contribution in [2.24, 2.45) is 11.3 Å². The number of aryl methyl sites for hydroxylation is 1. The summed E-state index contributed by atoms with van der Waals surface area (Å²) in [7, 11) is 1.67. The van der Waals surface area contributed by atoms with Crippen LogP contribution >= 0.6 is 0 Å². The highest BCUT2D eigenvalue weighted by Gasteiger charge is 2.55. The van der Waals surface area contributed by atoms with Gasteiger partial charge in [0.15, 0.2) is 0 Å². The second-order valence-electron chi connectivity index (χ2n) is 6.58. The lowest BCUT2D eigenvalue weighted by Gasteiger charge is -2.56. The van der Waals surface area contributed by atoms with E-state index < -0.39 is 5.97 Å². The van der Waals surface area contributed by atoms with Crippen molar-refractivity contribution in [3.8, 4) is 0 Å². The largest absolute Gasteiger partial charge is 0.481 e. The molecule has 122 valence electrons. The minimum atomic E-state index is -1.03. The second-order valence-corrected chi connectivity index (χ2v) is 6.58. The highest BCUT2D eigenvalue weighted by atomic mass is 16.5. The number of ether oxygens (including phenoxy) is 1. The molecule has 22 heavy (non-hydrogen) atoms. The first-order valence-electron chi connectivity index (χ1n) is 7.32. The van der Waals surface area contributed by atoms with Crippen LogP contribution in [0, 0.1) is 18.3 Å². The van der Waals surface area contributed by atoms with E-state index in [-0.39, 0.29) is 41.6 Å². The van der Waals surface area contributed by atoms with Crippen LogP contribution in [0.15, 0.2) is 10.7 Å². The Morgan fingerprint density at radius 2 is 2.09 bits per heavy atom. The summed E-state index contributed by atoms with van der Waals surface area (Å²) in [5, 5.41) is 11.9. The van der Waals surface area contributed by atoms with Gasteiger partial charge in [-0.25, -0.2) is 0 Å². The predicted molar refractivity (Wildman–Crippen MR) is 79.8 cm³/mol. The topological polar surface area (TPSA) is 88.8 Å². The van der Waals surface area contributed by atoms with E-state index in [1.54, 1.807) is 14.0 Å². The Bertz CT molecular complexity index is 589. The van der Waals surface area contributed by atoms with Gasteiger partial charge in [0.2, 0.25) is 0 Å². The van der Waals surface area contributed by atoms with Gasteiger partial charge < -0.3 is 19.6 Å². The number of carboxylic acids is 1. The lowest BCUT2D eigenvalue weighted by atomic mass is 9.58. The summed E-state index contributed by atoms with van der Waals surface area (Å²) < 4.78 is 10.7. The van der Waals surface area contributed by atoms with Crippen molar-refractivity contribution in [3.63, 3.8) is 0 Å². The Morgan fingerprint density at radius 3 is 2.59 bits per heavy atom. The van der Waals surface area contributed by atoms with Gasteiger partial charge in [-0.3, -0.25) is 9.59 Å². The van der Waals surface area contributed by atoms with Crippen molar-refractivity contribution in [2.45, 2.75) is 46.3 Å². The lowest BCUT2D eigenvalue weighted by Crippen LogP contribution is -2.67. The number of rotatable bonds is 5. The molecule has 1 aliphatic rings. The van der Waals surface area contributed by atoms with Gasteiger partial charge in [-0.05, 0) is 6.92 Å². The van der Waals surface area contributed by atoms with Gasteiger partial charge >= 0.3 is 5.97 Å². The SMILES string of the molecule is COC1C(C)C(NC(=O)c2c(C)coc2CC(=O)O)C1(C)C. The van der Waals surface area contributed by atoms with E-state index in [4.69, 9.17) is 14.3 Å². The molecule has 3 atom stereocenters. The molecule has 1 saturated carbocycles. The maximum absolute atomic E-state index is 12.6. The third-order valence-electron chi connectivity index (χ3n) is 4.67. The third kappa shape index (κ3) is 2.63. The Kier molecular flexibility index (Phi) is 4.33. The molecule has 1 aromatic rings. The summed E-state index contributed by atoms with van der Waals surface area (Å²) in [6.07, 6.45) is 1.20. The Hall–Kier alpha value is -1.82. The molecule has 0 bridgehead atoms. The van der Waals surface area contributed by atoms with Gasteiger partial charge in [0.05, 0.1) is 17.9 Å². The molecule has 2 rings (SSSR count). The molecule has 1 heterocycles. The van der Waals surface area contributed by atoms with Gasteiger partial charge in [-0.15, -0.1) is 0 Å². The van der Waals surface area contributed by atoms with Crippen LogP contribution in [-0.4, -0.2) is 36.2 Å². The van der Waals surface area contributed by atoms with E-state index in [9.17, 15) is 9.59 Å². The molecule has 0 aliphatic heterocycles. The van der Waals surface area contributed by atoms with Gasteiger partial charge in [-0.1, -0.05) is 20.8 Å². The van der Waals surface area contributed by atoms with Gasteiger partial charge in [-0.2, -0.15) is 0 Å². The fourth-order valence-electron chi connectivity index (χ4n) is 3.71. The molecule has 1 fully saturated rings. The highest BCUT2D eigenvalue weighted by molar-refractivity contribution is 5.97. The maximum atomic E-state index is 12.6. The number of hydrogen-bond acceptors (Lipinski definition) is 4. The molecule has 0 radical (unpaired) electrons. The number of carbonyl (C=O) groups excluding carboxylic acids is 1. The zero-order valence-corrected chi connectivity index (χ0v) is 13.6. The third-order valence-corrected chi connectivity index (χ3v) is 4.67. The highest BCUT2D eigenvalue weighted by Crippen LogP contribution is 2.47. The van der Waals surface area contributed by atoms with Crippen molar-refractivity contribution in [3.05, 3.63) is 23.2 Å². The monoisotopic (exact) mass is 309 g/mol. The van der Waals surface area contributed by atoms with Crippen LogP contribution in [0.2, 0.25) is 0 Å². The first-order valence-corrected chi connectivity index (χ1v) is 7.32. The van der Waals surface area contributed by atoms with E-state index in [1.807, 2.05) is 20.8 Å². The van der Waals surface area contributed by atoms with Gasteiger partial charge in [0, 0.05) is 30.0 Å². The van der Waals surface area contributed by atoms with Crippen LogP contribution < -0.4 is 5.32 Å². The van der Waals surface area contributed by atoms with Crippen molar-refractivity contribution >= 4 is 11.9 Å². The molecule has 1 aliphatic carbocycles. The van der Waals surface area contributed by atoms with E-state index in [1.165, 1.54) is 6.26 Å². The minimum Gasteiger partial charge on any atom is -0.481 e. The van der Waals surface area contributed by atoms with Crippen LogP contribution in [0.5, 0.6) is 0 Å². The summed E-state index contributed by atoms with van der Waals surface area (Å²) in [6, 6.07) is -0.0306. The van der Waals surface area contributed by atoms with Crippen molar-refractivity contribution in [1.29, 1.82) is 0 Å².